The molecule has 1 heterocycles. The Hall–Kier alpha value is -1.50. The molecule has 0 aromatic heterocycles. The largest absolute Gasteiger partial charge is 0.461 e. The van der Waals surface area contributed by atoms with Gasteiger partial charge in [-0.2, -0.15) is 0 Å². The quantitative estimate of drug-likeness (QED) is 0.667. The van der Waals surface area contributed by atoms with E-state index in [-0.39, 0.29) is 0 Å². The third kappa shape index (κ3) is 1.70. The Balaban J connectivity index is 2.41. The van der Waals surface area contributed by atoms with Crippen LogP contribution in [0.4, 0.5) is 0 Å². The molecule has 15 heavy (non-hydrogen) atoms. The fourth-order valence-corrected chi connectivity index (χ4v) is 1.88. The molecule has 0 aliphatic carbocycles. The number of aryl methyl sites for hydroxylation is 1. The summed E-state index contributed by atoms with van der Waals surface area (Å²) in [6.07, 6.45) is 6.08. The average Bonchev–Trinajstić information content (AvgIpc) is 2.55. The zero-order valence-electron chi connectivity index (χ0n) is 9.45. The maximum Gasteiger partial charge on any atom is 0.133 e. The second-order valence-corrected chi connectivity index (χ2v) is 3.91. The highest BCUT2D eigenvalue weighted by molar-refractivity contribution is 5.50. The molecular weight excluding hydrogens is 184 g/mol. The van der Waals surface area contributed by atoms with Gasteiger partial charge in [0.1, 0.15) is 11.5 Å². The van der Waals surface area contributed by atoms with Gasteiger partial charge in [-0.1, -0.05) is 37.3 Å². The van der Waals surface area contributed by atoms with Crippen molar-refractivity contribution in [3.8, 4) is 5.75 Å². The summed E-state index contributed by atoms with van der Waals surface area (Å²) in [5.74, 6) is 2.45. The number of allylic oxidation sites excluding steroid dienone is 4. The molecule has 0 spiro atoms. The summed E-state index contributed by atoms with van der Waals surface area (Å²) in [7, 11) is 0. The average molecular weight is 200 g/mol. The van der Waals surface area contributed by atoms with Gasteiger partial charge in [-0.3, -0.25) is 0 Å². The molecule has 1 aliphatic heterocycles. The van der Waals surface area contributed by atoms with Gasteiger partial charge in [0.25, 0.3) is 0 Å². The summed E-state index contributed by atoms with van der Waals surface area (Å²) in [6, 6.07) is 6.32. The second kappa shape index (κ2) is 3.93. The van der Waals surface area contributed by atoms with Gasteiger partial charge in [-0.25, -0.2) is 0 Å². The monoisotopic (exact) mass is 200 g/mol. The van der Waals surface area contributed by atoms with Crippen LogP contribution in [-0.4, -0.2) is 0 Å². The lowest BCUT2D eigenvalue weighted by Gasteiger charge is -2.01. The van der Waals surface area contributed by atoms with Crippen LogP contribution in [0.25, 0.3) is 0 Å². The number of benzene rings is 1. The fraction of sp³-hybridized carbons (Fsp3) is 0.286. The van der Waals surface area contributed by atoms with Crippen molar-refractivity contribution < 1.29 is 4.74 Å². The van der Waals surface area contributed by atoms with E-state index < -0.39 is 0 Å². The number of fused-ring (bicyclic) bond motifs is 1. The van der Waals surface area contributed by atoms with Gasteiger partial charge in [0.2, 0.25) is 0 Å². The zero-order valence-corrected chi connectivity index (χ0v) is 9.45. The molecule has 2 rings (SSSR count). The topological polar surface area (TPSA) is 9.23 Å². The molecule has 0 saturated heterocycles. The minimum atomic E-state index is 0.371. The summed E-state index contributed by atoms with van der Waals surface area (Å²) in [6.45, 7) is 6.28. The summed E-state index contributed by atoms with van der Waals surface area (Å²) in [4.78, 5) is 0. The first kappa shape index (κ1) is 10.0. The van der Waals surface area contributed by atoms with Crippen LogP contribution < -0.4 is 4.74 Å². The molecule has 0 saturated carbocycles. The predicted molar refractivity (Wildman–Crippen MR) is 63.1 cm³/mol. The van der Waals surface area contributed by atoms with Crippen LogP contribution in [0.5, 0.6) is 5.75 Å². The highest BCUT2D eigenvalue weighted by Gasteiger charge is 2.26. The molecule has 0 fully saturated rings. The number of hydrogen-bond acceptors (Lipinski definition) is 1. The molecule has 1 nitrogen and oxygen atoms in total. The normalized spacial score (nSPS) is 22.1. The van der Waals surface area contributed by atoms with E-state index in [1.54, 1.807) is 0 Å². The Morgan fingerprint density at radius 1 is 1.33 bits per heavy atom. The molecule has 1 atom stereocenters. The first-order chi connectivity index (χ1) is 7.24. The molecule has 78 valence electrons. The zero-order chi connectivity index (χ0) is 10.8. The Labute approximate surface area is 91.1 Å². The second-order valence-electron chi connectivity index (χ2n) is 3.91. The molecule has 1 aromatic carbocycles. The molecule has 0 radical (unpaired) electrons. The summed E-state index contributed by atoms with van der Waals surface area (Å²) < 4.78 is 5.86. The standard InChI is InChI=1S/C14H16O/c1-4-5-9-13-11(3)12-8-6-7-10(2)14(12)15-13/h4-9,11H,1-3H3/b5-4-,13-9+. The lowest BCUT2D eigenvalue weighted by molar-refractivity contribution is 0.430. The third-order valence-corrected chi connectivity index (χ3v) is 2.81. The van der Waals surface area contributed by atoms with Crippen molar-refractivity contribution in [3.05, 3.63) is 53.3 Å². The van der Waals surface area contributed by atoms with Crippen LogP contribution in [-0.2, 0) is 0 Å². The number of rotatable bonds is 1. The van der Waals surface area contributed by atoms with Crippen molar-refractivity contribution in [1.82, 2.24) is 0 Å². The van der Waals surface area contributed by atoms with E-state index in [4.69, 9.17) is 4.74 Å². The summed E-state index contributed by atoms with van der Waals surface area (Å²) in [5, 5.41) is 0. The molecule has 1 heteroatoms. The van der Waals surface area contributed by atoms with Crippen LogP contribution in [0.2, 0.25) is 0 Å². The molecule has 0 amide bonds. The van der Waals surface area contributed by atoms with Crippen molar-refractivity contribution in [2.24, 2.45) is 0 Å². The maximum atomic E-state index is 5.86. The van der Waals surface area contributed by atoms with Gasteiger partial charge in [-0.15, -0.1) is 0 Å². The summed E-state index contributed by atoms with van der Waals surface area (Å²) in [5.41, 5.74) is 2.51. The van der Waals surface area contributed by atoms with Crippen LogP contribution in [0.1, 0.15) is 30.9 Å². The van der Waals surface area contributed by atoms with E-state index in [0.29, 0.717) is 5.92 Å². The Kier molecular flexibility index (Phi) is 2.63. The van der Waals surface area contributed by atoms with E-state index in [9.17, 15) is 0 Å². The molecule has 0 bridgehead atoms. The lowest BCUT2D eigenvalue weighted by Crippen LogP contribution is -1.92. The van der Waals surface area contributed by atoms with Gasteiger partial charge in [0.05, 0.1) is 0 Å². The molecular formula is C14H16O. The van der Waals surface area contributed by atoms with Crippen LogP contribution >= 0.6 is 0 Å². The van der Waals surface area contributed by atoms with E-state index in [1.807, 2.05) is 25.2 Å². The van der Waals surface area contributed by atoms with E-state index in [2.05, 4.69) is 32.0 Å². The molecule has 1 aromatic rings. The number of ether oxygens (including phenoxy) is 1. The van der Waals surface area contributed by atoms with Crippen LogP contribution in [0.15, 0.2) is 42.2 Å². The smallest absolute Gasteiger partial charge is 0.133 e. The first-order valence-corrected chi connectivity index (χ1v) is 5.34. The van der Waals surface area contributed by atoms with Crippen molar-refractivity contribution in [2.75, 3.05) is 0 Å². The van der Waals surface area contributed by atoms with Gasteiger partial charge in [0.15, 0.2) is 0 Å². The van der Waals surface area contributed by atoms with Crippen molar-refractivity contribution in [3.63, 3.8) is 0 Å². The van der Waals surface area contributed by atoms with Crippen LogP contribution in [0.3, 0.4) is 0 Å². The van der Waals surface area contributed by atoms with Gasteiger partial charge >= 0.3 is 0 Å². The minimum Gasteiger partial charge on any atom is -0.461 e. The minimum absolute atomic E-state index is 0.371. The number of hydrogen-bond donors (Lipinski definition) is 0. The van der Waals surface area contributed by atoms with Gasteiger partial charge in [0, 0.05) is 11.5 Å². The number of para-hydroxylation sites is 1. The van der Waals surface area contributed by atoms with Crippen molar-refractivity contribution >= 4 is 0 Å². The molecule has 0 N–H and O–H groups in total. The first-order valence-electron chi connectivity index (χ1n) is 5.34. The van der Waals surface area contributed by atoms with Gasteiger partial charge < -0.3 is 4.74 Å². The maximum absolute atomic E-state index is 5.86. The Morgan fingerprint density at radius 3 is 2.80 bits per heavy atom. The Bertz CT molecular complexity index is 427. The van der Waals surface area contributed by atoms with E-state index in [1.165, 1.54) is 11.1 Å². The van der Waals surface area contributed by atoms with Crippen molar-refractivity contribution in [2.45, 2.75) is 26.7 Å². The van der Waals surface area contributed by atoms with Crippen molar-refractivity contribution in [1.29, 1.82) is 0 Å². The highest BCUT2D eigenvalue weighted by atomic mass is 16.5. The third-order valence-electron chi connectivity index (χ3n) is 2.81. The molecule has 1 aliphatic rings. The van der Waals surface area contributed by atoms with Gasteiger partial charge in [-0.05, 0) is 25.5 Å². The highest BCUT2D eigenvalue weighted by Crippen LogP contribution is 2.42. The Morgan fingerprint density at radius 2 is 2.13 bits per heavy atom. The van der Waals surface area contributed by atoms with E-state index in [0.717, 1.165) is 11.5 Å². The fourth-order valence-electron chi connectivity index (χ4n) is 1.88. The molecule has 1 unspecified atom stereocenters. The van der Waals surface area contributed by atoms with E-state index >= 15 is 0 Å². The van der Waals surface area contributed by atoms with Crippen LogP contribution in [0, 0.1) is 6.92 Å². The summed E-state index contributed by atoms with van der Waals surface area (Å²) >= 11 is 0. The SMILES string of the molecule is C/C=C\C=C1\Oc2c(C)cccc2C1C. The lowest BCUT2D eigenvalue weighted by atomic mass is 9.99. The predicted octanol–water partition coefficient (Wildman–Crippen LogP) is 3.95.